The number of amides is 1. The van der Waals surface area contributed by atoms with E-state index in [1.165, 1.54) is 23.1 Å². The number of ether oxygens (including phenoxy) is 1. The molecule has 0 unspecified atom stereocenters. The van der Waals surface area contributed by atoms with Crippen molar-refractivity contribution in [3.8, 4) is 5.75 Å². The molecule has 2 aromatic carbocycles. The van der Waals surface area contributed by atoms with Crippen LogP contribution in [0.3, 0.4) is 0 Å². The number of carbonyl (C=O) groups is 1. The van der Waals surface area contributed by atoms with Crippen LogP contribution in [0.2, 0.25) is 0 Å². The second kappa shape index (κ2) is 5.40. The van der Waals surface area contributed by atoms with E-state index in [-0.39, 0.29) is 17.2 Å². The number of alkyl halides is 3. The Labute approximate surface area is 137 Å². The van der Waals surface area contributed by atoms with E-state index >= 15 is 0 Å². The maximum Gasteiger partial charge on any atom is 0.573 e. The predicted molar refractivity (Wildman–Crippen MR) is 85.2 cm³/mol. The Bertz CT molecular complexity index is 856. The molecule has 1 heterocycles. The van der Waals surface area contributed by atoms with Gasteiger partial charge in [-0.15, -0.1) is 13.2 Å². The lowest BCUT2D eigenvalue weighted by molar-refractivity contribution is -0.274. The minimum Gasteiger partial charge on any atom is -0.406 e. The van der Waals surface area contributed by atoms with Crippen LogP contribution in [-0.2, 0) is 4.79 Å². The summed E-state index contributed by atoms with van der Waals surface area (Å²) >= 11 is 0. The minimum absolute atomic E-state index is 0.238. The Balaban J connectivity index is 2.10. The summed E-state index contributed by atoms with van der Waals surface area (Å²) < 4.78 is 41.3. The normalized spacial score (nSPS) is 14.1. The van der Waals surface area contributed by atoms with Crippen LogP contribution in [0.25, 0.3) is 5.57 Å². The molecule has 0 aliphatic carbocycles. The smallest absolute Gasteiger partial charge is 0.406 e. The third-order valence-corrected chi connectivity index (χ3v) is 3.98. The van der Waals surface area contributed by atoms with Crippen LogP contribution in [0, 0.1) is 13.8 Å². The monoisotopic (exact) mass is 333 g/mol. The van der Waals surface area contributed by atoms with Gasteiger partial charge >= 0.3 is 6.36 Å². The second-order valence-electron chi connectivity index (χ2n) is 5.61. The van der Waals surface area contributed by atoms with Gasteiger partial charge in [0.1, 0.15) is 5.75 Å². The highest BCUT2D eigenvalue weighted by Crippen LogP contribution is 2.43. The van der Waals surface area contributed by atoms with Crippen LogP contribution >= 0.6 is 0 Å². The molecule has 3 nitrogen and oxygen atoms in total. The summed E-state index contributed by atoms with van der Waals surface area (Å²) in [5.74, 6) is -0.741. The van der Waals surface area contributed by atoms with Crippen molar-refractivity contribution in [3.05, 3.63) is 59.7 Å². The largest absolute Gasteiger partial charge is 0.573 e. The zero-order valence-electron chi connectivity index (χ0n) is 13.1. The summed E-state index contributed by atoms with van der Waals surface area (Å²) in [6, 6.07) is 9.21. The van der Waals surface area contributed by atoms with E-state index in [4.69, 9.17) is 0 Å². The van der Waals surface area contributed by atoms with Gasteiger partial charge in [0, 0.05) is 22.9 Å². The fourth-order valence-electron chi connectivity index (χ4n) is 2.63. The summed E-state index contributed by atoms with van der Waals surface area (Å²) in [5.41, 5.74) is 3.66. The van der Waals surface area contributed by atoms with Gasteiger partial charge in [0.15, 0.2) is 0 Å². The van der Waals surface area contributed by atoms with E-state index in [2.05, 4.69) is 11.3 Å². The van der Waals surface area contributed by atoms with Crippen molar-refractivity contribution < 1.29 is 22.7 Å². The van der Waals surface area contributed by atoms with Gasteiger partial charge < -0.3 is 4.74 Å². The molecular formula is C18H14F3NO2. The predicted octanol–water partition coefficient (Wildman–Crippen LogP) is 4.89. The fourth-order valence-corrected chi connectivity index (χ4v) is 2.63. The van der Waals surface area contributed by atoms with Crippen molar-refractivity contribution in [2.45, 2.75) is 20.2 Å². The quantitative estimate of drug-likeness (QED) is 0.732. The molecule has 0 spiro atoms. The Hall–Kier alpha value is -2.76. The van der Waals surface area contributed by atoms with E-state index in [0.29, 0.717) is 16.9 Å². The first-order valence-electron chi connectivity index (χ1n) is 7.18. The lowest BCUT2D eigenvalue weighted by Gasteiger charge is -2.19. The molecule has 0 bridgehead atoms. The molecule has 0 radical (unpaired) electrons. The van der Waals surface area contributed by atoms with E-state index in [0.717, 1.165) is 11.1 Å². The molecule has 0 fully saturated rings. The molecule has 1 aliphatic heterocycles. The Morgan fingerprint density at radius 1 is 1.04 bits per heavy atom. The van der Waals surface area contributed by atoms with Gasteiger partial charge in [-0.05, 0) is 49.2 Å². The van der Waals surface area contributed by atoms with Crippen LogP contribution in [0.15, 0.2) is 43.0 Å². The second-order valence-corrected chi connectivity index (χ2v) is 5.61. The Kier molecular flexibility index (Phi) is 3.63. The molecule has 6 heteroatoms. The summed E-state index contributed by atoms with van der Waals surface area (Å²) in [4.78, 5) is 13.9. The molecule has 0 saturated carbocycles. The van der Waals surface area contributed by atoms with Gasteiger partial charge in [-0.25, -0.2) is 0 Å². The van der Waals surface area contributed by atoms with E-state index in [9.17, 15) is 18.0 Å². The lowest BCUT2D eigenvalue weighted by Crippen LogP contribution is -2.21. The number of fused-ring (bicyclic) bond motifs is 1. The molecule has 1 amide bonds. The SMILES string of the molecule is C=C1C(=O)N(c2ccc(C)c(C)c2)c2cc(OC(F)(F)F)ccc21. The topological polar surface area (TPSA) is 29.5 Å². The standard InChI is InChI=1S/C18H14F3NO2/c1-10-4-5-13(8-11(10)2)22-16-9-14(24-18(19,20)21)6-7-15(16)12(3)17(22)23/h4-9H,3H2,1-2H3. The molecule has 1 aliphatic rings. The van der Waals surface area contributed by atoms with E-state index < -0.39 is 6.36 Å². The maximum atomic E-state index is 12.5. The summed E-state index contributed by atoms with van der Waals surface area (Å²) in [7, 11) is 0. The average Bonchev–Trinajstić information content (AvgIpc) is 2.72. The number of hydrogen-bond donors (Lipinski definition) is 0. The number of anilines is 2. The number of halogens is 3. The fraction of sp³-hybridized carbons (Fsp3) is 0.167. The first-order valence-corrected chi connectivity index (χ1v) is 7.18. The van der Waals surface area contributed by atoms with Gasteiger partial charge in [0.2, 0.25) is 0 Å². The van der Waals surface area contributed by atoms with Crippen molar-refractivity contribution >= 4 is 22.9 Å². The van der Waals surface area contributed by atoms with Gasteiger partial charge in [0.25, 0.3) is 5.91 Å². The lowest BCUT2D eigenvalue weighted by atomic mass is 10.1. The van der Waals surface area contributed by atoms with Crippen LogP contribution in [0.1, 0.15) is 16.7 Å². The highest BCUT2D eigenvalue weighted by molar-refractivity contribution is 6.34. The van der Waals surface area contributed by atoms with E-state index in [1.54, 1.807) is 6.07 Å². The van der Waals surface area contributed by atoms with Crippen molar-refractivity contribution in [3.63, 3.8) is 0 Å². The highest BCUT2D eigenvalue weighted by atomic mass is 19.4. The maximum absolute atomic E-state index is 12.5. The number of hydrogen-bond acceptors (Lipinski definition) is 2. The first kappa shape index (κ1) is 16.1. The average molecular weight is 333 g/mol. The molecule has 0 saturated heterocycles. The third kappa shape index (κ3) is 2.75. The Morgan fingerprint density at radius 3 is 2.38 bits per heavy atom. The van der Waals surface area contributed by atoms with Gasteiger partial charge in [-0.1, -0.05) is 12.6 Å². The zero-order chi connectivity index (χ0) is 17.6. The molecule has 0 aromatic heterocycles. The minimum atomic E-state index is -4.79. The van der Waals surface area contributed by atoms with Crippen molar-refractivity contribution in [1.29, 1.82) is 0 Å². The molecule has 3 rings (SSSR count). The van der Waals surface area contributed by atoms with Crippen LogP contribution in [0.4, 0.5) is 24.5 Å². The summed E-state index contributed by atoms with van der Waals surface area (Å²) in [6.07, 6.45) is -4.79. The number of nitrogens with zero attached hydrogens (tertiary/aromatic N) is 1. The van der Waals surface area contributed by atoms with Crippen LogP contribution in [-0.4, -0.2) is 12.3 Å². The summed E-state index contributed by atoms with van der Waals surface area (Å²) in [5, 5.41) is 0. The highest BCUT2D eigenvalue weighted by Gasteiger charge is 2.35. The Morgan fingerprint density at radius 2 is 1.75 bits per heavy atom. The van der Waals surface area contributed by atoms with Crippen molar-refractivity contribution in [2.75, 3.05) is 4.90 Å². The van der Waals surface area contributed by atoms with E-state index in [1.807, 2.05) is 26.0 Å². The number of aryl methyl sites for hydroxylation is 2. The van der Waals surface area contributed by atoms with Crippen LogP contribution in [0.5, 0.6) is 5.75 Å². The molecular weight excluding hydrogens is 319 g/mol. The van der Waals surface area contributed by atoms with Crippen LogP contribution < -0.4 is 9.64 Å². The number of benzene rings is 2. The first-order chi connectivity index (χ1) is 11.2. The number of rotatable bonds is 2. The van der Waals surface area contributed by atoms with Gasteiger partial charge in [-0.3, -0.25) is 9.69 Å². The zero-order valence-corrected chi connectivity index (χ0v) is 13.1. The number of carbonyl (C=O) groups excluding carboxylic acids is 1. The third-order valence-electron chi connectivity index (χ3n) is 3.98. The van der Waals surface area contributed by atoms with Crippen molar-refractivity contribution in [2.24, 2.45) is 0 Å². The molecule has 2 aromatic rings. The van der Waals surface area contributed by atoms with Gasteiger partial charge in [-0.2, -0.15) is 0 Å². The molecule has 24 heavy (non-hydrogen) atoms. The summed E-state index contributed by atoms with van der Waals surface area (Å²) in [6.45, 7) is 7.58. The molecule has 124 valence electrons. The molecule has 0 atom stereocenters. The van der Waals surface area contributed by atoms with Crippen molar-refractivity contribution in [1.82, 2.24) is 0 Å². The molecule has 0 N–H and O–H groups in total. The van der Waals surface area contributed by atoms with Gasteiger partial charge in [0.05, 0.1) is 5.69 Å².